The molecule has 2 rings (SSSR count). The van der Waals surface area contributed by atoms with E-state index in [4.69, 9.17) is 10.5 Å². The molecule has 0 atom stereocenters. The summed E-state index contributed by atoms with van der Waals surface area (Å²) < 4.78 is 29.9. The largest absolute Gasteiger partial charge is 0.379 e. The summed E-state index contributed by atoms with van der Waals surface area (Å²) in [4.78, 5) is 2.87. The second-order valence-electron chi connectivity index (χ2n) is 4.44. The van der Waals surface area contributed by atoms with E-state index in [0.717, 1.165) is 5.56 Å². The van der Waals surface area contributed by atoms with Crippen molar-refractivity contribution in [2.75, 3.05) is 26.3 Å². The monoisotopic (exact) mass is 285 g/mol. The Bertz CT molecular complexity index is 539. The van der Waals surface area contributed by atoms with Gasteiger partial charge in [-0.3, -0.25) is 0 Å². The third kappa shape index (κ3) is 3.31. The molecular weight excluding hydrogens is 266 g/mol. The minimum atomic E-state index is -3.56. The van der Waals surface area contributed by atoms with Crippen molar-refractivity contribution in [3.05, 3.63) is 29.3 Å². The van der Waals surface area contributed by atoms with Crippen molar-refractivity contribution in [2.24, 2.45) is 5.73 Å². The number of hydrogen-bond acceptors (Lipinski definition) is 5. The van der Waals surface area contributed by atoms with E-state index in [9.17, 15) is 8.42 Å². The van der Waals surface area contributed by atoms with Crippen LogP contribution in [0.25, 0.3) is 0 Å². The summed E-state index contributed by atoms with van der Waals surface area (Å²) in [6.45, 7) is 4.27. The minimum Gasteiger partial charge on any atom is -0.379 e. The molecule has 0 radical (unpaired) electrons. The van der Waals surface area contributed by atoms with Crippen LogP contribution in [0.1, 0.15) is 11.1 Å². The van der Waals surface area contributed by atoms with Gasteiger partial charge in [-0.25, -0.2) is 13.4 Å². The molecule has 6 nitrogen and oxygen atoms in total. The first-order valence-corrected chi connectivity index (χ1v) is 7.66. The number of hydrogen-bond donors (Lipinski definition) is 2. The second kappa shape index (κ2) is 5.98. The quantitative estimate of drug-likeness (QED) is 0.812. The predicted octanol–water partition coefficient (Wildman–Crippen LogP) is -0.0208. The number of benzene rings is 1. The van der Waals surface area contributed by atoms with Crippen LogP contribution >= 0.6 is 0 Å². The molecule has 0 spiro atoms. The maximum atomic E-state index is 12.4. The van der Waals surface area contributed by atoms with E-state index in [0.29, 0.717) is 38.4 Å². The molecule has 1 aromatic carbocycles. The zero-order valence-electron chi connectivity index (χ0n) is 10.9. The van der Waals surface area contributed by atoms with Crippen molar-refractivity contribution >= 4 is 10.0 Å². The Morgan fingerprint density at radius 2 is 2.05 bits per heavy atom. The normalized spacial score (nSPS) is 17.6. The predicted molar refractivity (Wildman–Crippen MR) is 71.8 cm³/mol. The first-order valence-electron chi connectivity index (χ1n) is 6.18. The fourth-order valence-corrected chi connectivity index (χ4v) is 3.46. The van der Waals surface area contributed by atoms with Crippen LogP contribution in [0.15, 0.2) is 23.1 Å². The summed E-state index contributed by atoms with van der Waals surface area (Å²) in [5.74, 6) is 0. The van der Waals surface area contributed by atoms with Crippen LogP contribution in [0.4, 0.5) is 0 Å². The van der Waals surface area contributed by atoms with E-state index in [1.54, 1.807) is 24.1 Å². The lowest BCUT2D eigenvalue weighted by atomic mass is 10.1. The molecule has 0 unspecified atom stereocenters. The highest BCUT2D eigenvalue weighted by atomic mass is 32.2. The molecular formula is C12H19N3O3S. The highest BCUT2D eigenvalue weighted by Gasteiger charge is 2.22. The maximum absolute atomic E-state index is 12.4. The lowest BCUT2D eigenvalue weighted by molar-refractivity contribution is 0.0272. The van der Waals surface area contributed by atoms with Gasteiger partial charge in [-0.1, -0.05) is 12.1 Å². The Labute approximate surface area is 113 Å². The van der Waals surface area contributed by atoms with Gasteiger partial charge in [0.1, 0.15) is 0 Å². The Morgan fingerprint density at radius 3 is 2.68 bits per heavy atom. The molecule has 0 aromatic heterocycles. The summed E-state index contributed by atoms with van der Waals surface area (Å²) in [7, 11) is -3.56. The number of ether oxygens (including phenoxy) is 1. The van der Waals surface area contributed by atoms with Crippen LogP contribution < -0.4 is 10.6 Å². The molecule has 1 aromatic rings. The zero-order chi connectivity index (χ0) is 13.9. The number of sulfonamides is 1. The average Bonchev–Trinajstić information content (AvgIpc) is 2.39. The molecule has 1 saturated heterocycles. The van der Waals surface area contributed by atoms with Crippen molar-refractivity contribution < 1.29 is 13.2 Å². The van der Waals surface area contributed by atoms with E-state index in [1.165, 1.54) is 0 Å². The van der Waals surface area contributed by atoms with E-state index >= 15 is 0 Å². The second-order valence-corrected chi connectivity index (χ2v) is 6.07. The van der Waals surface area contributed by atoms with Crippen LogP contribution in [0.2, 0.25) is 0 Å². The smallest absolute Gasteiger partial charge is 0.253 e. The molecule has 0 bridgehead atoms. The lowest BCUT2D eigenvalue weighted by Gasteiger charge is -2.27. The van der Waals surface area contributed by atoms with Crippen molar-refractivity contribution in [3.63, 3.8) is 0 Å². The maximum Gasteiger partial charge on any atom is 0.253 e. The summed E-state index contributed by atoms with van der Waals surface area (Å²) in [5, 5.41) is 1.66. The number of hydrazine groups is 1. The molecule has 3 N–H and O–H groups in total. The van der Waals surface area contributed by atoms with Crippen LogP contribution in [0.3, 0.4) is 0 Å². The van der Waals surface area contributed by atoms with E-state index < -0.39 is 10.0 Å². The number of rotatable bonds is 4. The van der Waals surface area contributed by atoms with Gasteiger partial charge < -0.3 is 10.5 Å². The van der Waals surface area contributed by atoms with E-state index in [-0.39, 0.29) is 4.90 Å². The van der Waals surface area contributed by atoms with Crippen molar-refractivity contribution in [1.82, 2.24) is 9.84 Å². The highest BCUT2D eigenvalue weighted by Crippen LogP contribution is 2.18. The van der Waals surface area contributed by atoms with Gasteiger partial charge in [0.05, 0.1) is 18.1 Å². The molecule has 106 valence electrons. The number of nitrogens with one attached hydrogen (secondary N) is 1. The van der Waals surface area contributed by atoms with Gasteiger partial charge in [0.25, 0.3) is 10.0 Å². The molecule has 0 aliphatic carbocycles. The topological polar surface area (TPSA) is 84.7 Å². The fourth-order valence-electron chi connectivity index (χ4n) is 2.05. The van der Waals surface area contributed by atoms with Crippen molar-refractivity contribution in [1.29, 1.82) is 0 Å². The van der Waals surface area contributed by atoms with Gasteiger partial charge in [0.15, 0.2) is 0 Å². The van der Waals surface area contributed by atoms with Gasteiger partial charge in [-0.05, 0) is 24.1 Å². The first-order chi connectivity index (χ1) is 9.04. The summed E-state index contributed by atoms with van der Waals surface area (Å²) in [6.07, 6.45) is 0. The van der Waals surface area contributed by atoms with Crippen LogP contribution in [0, 0.1) is 6.92 Å². The Balaban J connectivity index is 2.23. The summed E-state index contributed by atoms with van der Waals surface area (Å²) in [5.41, 5.74) is 7.14. The van der Waals surface area contributed by atoms with Crippen LogP contribution in [0.5, 0.6) is 0 Å². The molecule has 1 fully saturated rings. The van der Waals surface area contributed by atoms with Gasteiger partial charge in [0, 0.05) is 19.6 Å². The number of nitrogens with zero attached hydrogens (tertiary/aromatic N) is 1. The third-order valence-electron chi connectivity index (χ3n) is 3.17. The van der Waals surface area contributed by atoms with Crippen molar-refractivity contribution in [2.45, 2.75) is 18.4 Å². The lowest BCUT2D eigenvalue weighted by Crippen LogP contribution is -2.48. The molecule has 19 heavy (non-hydrogen) atoms. The number of morpholine rings is 1. The van der Waals surface area contributed by atoms with Gasteiger partial charge in [0.2, 0.25) is 0 Å². The SMILES string of the molecule is Cc1c(CN)cccc1S(=O)(=O)NN1CCOCC1. The van der Waals surface area contributed by atoms with Crippen LogP contribution in [-0.2, 0) is 21.3 Å². The number of nitrogens with two attached hydrogens (primary N) is 1. The van der Waals surface area contributed by atoms with Gasteiger partial charge in [-0.2, -0.15) is 0 Å². The standard InChI is InChI=1S/C12H19N3O3S/c1-10-11(9-13)3-2-4-12(10)19(16,17)14-15-5-7-18-8-6-15/h2-4,14H,5-9,13H2,1H3. The van der Waals surface area contributed by atoms with Gasteiger partial charge in [-0.15, -0.1) is 4.83 Å². The van der Waals surface area contributed by atoms with Gasteiger partial charge >= 0.3 is 0 Å². The molecule has 7 heteroatoms. The Hall–Kier alpha value is -0.990. The summed E-state index contributed by atoms with van der Waals surface area (Å²) in [6, 6.07) is 5.14. The molecule has 1 aliphatic heterocycles. The highest BCUT2D eigenvalue weighted by molar-refractivity contribution is 7.89. The van der Waals surface area contributed by atoms with Crippen LogP contribution in [-0.4, -0.2) is 39.7 Å². The van der Waals surface area contributed by atoms with Crippen molar-refractivity contribution in [3.8, 4) is 0 Å². The molecule has 1 aliphatic rings. The fraction of sp³-hybridized carbons (Fsp3) is 0.500. The molecule has 0 amide bonds. The van der Waals surface area contributed by atoms with E-state index in [2.05, 4.69) is 4.83 Å². The minimum absolute atomic E-state index is 0.280. The zero-order valence-corrected chi connectivity index (χ0v) is 11.7. The molecule has 0 saturated carbocycles. The first kappa shape index (κ1) is 14.4. The summed E-state index contributed by atoms with van der Waals surface area (Å²) >= 11 is 0. The average molecular weight is 285 g/mol. The van der Waals surface area contributed by atoms with E-state index in [1.807, 2.05) is 6.07 Å². The Kier molecular flexibility index (Phi) is 4.54. The molecule has 1 heterocycles. The third-order valence-corrected chi connectivity index (χ3v) is 4.69. The Morgan fingerprint density at radius 1 is 1.37 bits per heavy atom.